The zero-order valence-electron chi connectivity index (χ0n) is 10.1. The summed E-state index contributed by atoms with van der Waals surface area (Å²) >= 11 is 0. The molecule has 2 rings (SSSR count). The number of hydrogen-bond acceptors (Lipinski definition) is 5. The summed E-state index contributed by atoms with van der Waals surface area (Å²) in [5.41, 5.74) is 1.71. The molecule has 1 aromatic heterocycles. The zero-order valence-corrected chi connectivity index (χ0v) is 10.9. The lowest BCUT2D eigenvalue weighted by Crippen LogP contribution is -2.32. The van der Waals surface area contributed by atoms with E-state index in [9.17, 15) is 8.42 Å². The second kappa shape index (κ2) is 4.60. The molecule has 0 saturated carbocycles. The summed E-state index contributed by atoms with van der Waals surface area (Å²) in [6, 6.07) is 0.188. The molecule has 17 heavy (non-hydrogen) atoms. The third-order valence-corrected chi connectivity index (χ3v) is 4.69. The lowest BCUT2D eigenvalue weighted by molar-refractivity contribution is 0.558. The van der Waals surface area contributed by atoms with E-state index in [0.717, 1.165) is 17.2 Å². The summed E-state index contributed by atoms with van der Waals surface area (Å²) in [6.45, 7) is 3.79. The Morgan fingerprint density at radius 2 is 1.94 bits per heavy atom. The van der Waals surface area contributed by atoms with Gasteiger partial charge in [-0.1, -0.05) is 0 Å². The minimum atomic E-state index is -2.80. The molecule has 0 atom stereocenters. The van der Waals surface area contributed by atoms with Gasteiger partial charge in [0, 0.05) is 12.2 Å². The summed E-state index contributed by atoms with van der Waals surface area (Å²) in [6.07, 6.45) is 3.03. The summed E-state index contributed by atoms with van der Waals surface area (Å²) in [5.74, 6) is 1.31. The van der Waals surface area contributed by atoms with Gasteiger partial charge in [0.1, 0.15) is 15.7 Å². The van der Waals surface area contributed by atoms with Crippen LogP contribution in [0.3, 0.4) is 0 Å². The first kappa shape index (κ1) is 12.3. The standard InChI is InChI=1S/C11H17N3O2S/c1-8-7-12-9(2)11(13-8)14-10-3-5-17(15,16)6-4-10/h7,10H,3-6H2,1-2H3,(H,13,14). The Bertz CT molecular complexity index is 499. The van der Waals surface area contributed by atoms with Gasteiger partial charge in [-0.3, -0.25) is 4.98 Å². The molecular weight excluding hydrogens is 238 g/mol. The Balaban J connectivity index is 2.05. The second-order valence-electron chi connectivity index (χ2n) is 4.52. The minimum absolute atomic E-state index is 0.188. The van der Waals surface area contributed by atoms with Crippen molar-refractivity contribution >= 4 is 15.7 Å². The third kappa shape index (κ3) is 3.15. The molecule has 0 aliphatic carbocycles. The van der Waals surface area contributed by atoms with E-state index in [-0.39, 0.29) is 17.5 Å². The quantitative estimate of drug-likeness (QED) is 0.856. The largest absolute Gasteiger partial charge is 0.366 e. The van der Waals surface area contributed by atoms with Crippen LogP contribution in [-0.4, -0.2) is 35.9 Å². The summed E-state index contributed by atoms with van der Waals surface area (Å²) in [7, 11) is -2.80. The Morgan fingerprint density at radius 3 is 2.59 bits per heavy atom. The number of aromatic nitrogens is 2. The normalized spacial score (nSPS) is 20.1. The highest BCUT2D eigenvalue weighted by Crippen LogP contribution is 2.18. The van der Waals surface area contributed by atoms with Crippen molar-refractivity contribution in [2.24, 2.45) is 0 Å². The maximum atomic E-state index is 11.3. The lowest BCUT2D eigenvalue weighted by atomic mass is 10.1. The van der Waals surface area contributed by atoms with Crippen LogP contribution in [0.1, 0.15) is 24.2 Å². The first-order valence-electron chi connectivity index (χ1n) is 5.73. The number of hydrogen-bond donors (Lipinski definition) is 1. The molecule has 1 fully saturated rings. The van der Waals surface area contributed by atoms with Gasteiger partial charge in [-0.05, 0) is 26.7 Å². The van der Waals surface area contributed by atoms with Gasteiger partial charge in [-0.2, -0.15) is 0 Å². The molecule has 1 aliphatic rings. The van der Waals surface area contributed by atoms with Crippen molar-refractivity contribution in [3.05, 3.63) is 17.6 Å². The molecule has 1 aromatic rings. The minimum Gasteiger partial charge on any atom is -0.366 e. The fraction of sp³-hybridized carbons (Fsp3) is 0.636. The molecule has 6 heteroatoms. The van der Waals surface area contributed by atoms with Gasteiger partial charge in [0.05, 0.1) is 22.9 Å². The van der Waals surface area contributed by atoms with E-state index >= 15 is 0 Å². The van der Waals surface area contributed by atoms with Crippen molar-refractivity contribution in [3.63, 3.8) is 0 Å². The van der Waals surface area contributed by atoms with Crippen LogP contribution in [0.4, 0.5) is 5.82 Å². The fourth-order valence-corrected chi connectivity index (χ4v) is 3.39. The topological polar surface area (TPSA) is 72.0 Å². The predicted molar refractivity (Wildman–Crippen MR) is 66.8 cm³/mol. The highest BCUT2D eigenvalue weighted by Gasteiger charge is 2.24. The summed E-state index contributed by atoms with van der Waals surface area (Å²) < 4.78 is 22.6. The van der Waals surface area contributed by atoms with Crippen molar-refractivity contribution in [2.75, 3.05) is 16.8 Å². The molecular formula is C11H17N3O2S. The van der Waals surface area contributed by atoms with E-state index < -0.39 is 9.84 Å². The van der Waals surface area contributed by atoms with E-state index in [4.69, 9.17) is 0 Å². The van der Waals surface area contributed by atoms with Crippen LogP contribution in [0.5, 0.6) is 0 Å². The maximum Gasteiger partial charge on any atom is 0.150 e. The monoisotopic (exact) mass is 255 g/mol. The van der Waals surface area contributed by atoms with Gasteiger partial charge >= 0.3 is 0 Å². The molecule has 0 spiro atoms. The smallest absolute Gasteiger partial charge is 0.150 e. The maximum absolute atomic E-state index is 11.3. The van der Waals surface area contributed by atoms with Crippen molar-refractivity contribution in [1.82, 2.24) is 9.97 Å². The van der Waals surface area contributed by atoms with Gasteiger partial charge in [-0.15, -0.1) is 0 Å². The number of sulfone groups is 1. The average Bonchev–Trinajstić information content (AvgIpc) is 2.26. The number of anilines is 1. The molecule has 0 radical (unpaired) electrons. The Morgan fingerprint density at radius 1 is 1.29 bits per heavy atom. The summed E-state index contributed by atoms with van der Waals surface area (Å²) in [5, 5.41) is 3.29. The third-order valence-electron chi connectivity index (χ3n) is 2.97. The number of nitrogens with one attached hydrogen (secondary N) is 1. The fourth-order valence-electron chi connectivity index (χ4n) is 1.90. The first-order valence-corrected chi connectivity index (χ1v) is 7.55. The number of aryl methyl sites for hydroxylation is 2. The molecule has 1 N–H and O–H groups in total. The average molecular weight is 255 g/mol. The molecule has 0 aromatic carbocycles. The van der Waals surface area contributed by atoms with E-state index in [0.29, 0.717) is 12.8 Å². The van der Waals surface area contributed by atoms with Crippen LogP contribution < -0.4 is 5.32 Å². The van der Waals surface area contributed by atoms with Crippen LogP contribution in [0.25, 0.3) is 0 Å². The number of rotatable bonds is 2. The Kier molecular flexibility index (Phi) is 3.33. The second-order valence-corrected chi connectivity index (χ2v) is 6.82. The lowest BCUT2D eigenvalue weighted by Gasteiger charge is -2.24. The van der Waals surface area contributed by atoms with Crippen LogP contribution in [0.2, 0.25) is 0 Å². The SMILES string of the molecule is Cc1cnc(C)c(NC2CCS(=O)(=O)CC2)n1. The van der Waals surface area contributed by atoms with Crippen molar-refractivity contribution in [1.29, 1.82) is 0 Å². The van der Waals surface area contributed by atoms with E-state index in [1.54, 1.807) is 6.20 Å². The predicted octanol–water partition coefficient (Wildman–Crippen LogP) is 1.08. The molecule has 94 valence electrons. The van der Waals surface area contributed by atoms with Crippen molar-refractivity contribution < 1.29 is 8.42 Å². The van der Waals surface area contributed by atoms with Gasteiger partial charge in [0.2, 0.25) is 0 Å². The molecule has 5 nitrogen and oxygen atoms in total. The van der Waals surface area contributed by atoms with Crippen molar-refractivity contribution in [2.45, 2.75) is 32.7 Å². The zero-order chi connectivity index (χ0) is 12.5. The molecule has 1 aliphatic heterocycles. The van der Waals surface area contributed by atoms with Gasteiger partial charge in [0.25, 0.3) is 0 Å². The highest BCUT2D eigenvalue weighted by molar-refractivity contribution is 7.91. The Labute approximate surface area is 102 Å². The van der Waals surface area contributed by atoms with Crippen LogP contribution in [0, 0.1) is 13.8 Å². The van der Waals surface area contributed by atoms with Crippen LogP contribution in [0.15, 0.2) is 6.20 Å². The molecule has 1 saturated heterocycles. The summed E-state index contributed by atoms with van der Waals surface area (Å²) in [4.78, 5) is 8.61. The van der Waals surface area contributed by atoms with E-state index in [2.05, 4.69) is 15.3 Å². The molecule has 2 heterocycles. The van der Waals surface area contributed by atoms with Gasteiger partial charge in [-0.25, -0.2) is 13.4 Å². The van der Waals surface area contributed by atoms with Crippen LogP contribution >= 0.6 is 0 Å². The molecule has 0 bridgehead atoms. The van der Waals surface area contributed by atoms with E-state index in [1.165, 1.54) is 0 Å². The van der Waals surface area contributed by atoms with Gasteiger partial charge in [0.15, 0.2) is 0 Å². The molecule has 0 unspecified atom stereocenters. The first-order chi connectivity index (χ1) is 7.96. The Hall–Kier alpha value is -1.17. The van der Waals surface area contributed by atoms with Crippen LogP contribution in [-0.2, 0) is 9.84 Å². The van der Waals surface area contributed by atoms with Crippen molar-refractivity contribution in [3.8, 4) is 0 Å². The number of nitrogens with zero attached hydrogens (tertiary/aromatic N) is 2. The van der Waals surface area contributed by atoms with Gasteiger partial charge < -0.3 is 5.32 Å². The van der Waals surface area contributed by atoms with E-state index in [1.807, 2.05) is 13.8 Å². The molecule has 0 amide bonds. The highest BCUT2D eigenvalue weighted by atomic mass is 32.2.